The van der Waals surface area contributed by atoms with E-state index in [0.29, 0.717) is 63.1 Å². The second kappa shape index (κ2) is 9.95. The number of hydrogen-bond donors (Lipinski definition) is 0. The largest absolute Gasteiger partial charge is 0.434 e. The van der Waals surface area contributed by atoms with Gasteiger partial charge >= 0.3 is 28.7 Å². The number of amides is 1. The number of ether oxygens (including phenoxy) is 1. The van der Waals surface area contributed by atoms with Crippen molar-refractivity contribution in [1.29, 1.82) is 0 Å². The highest BCUT2D eigenvalue weighted by atomic mass is 32.5. The summed E-state index contributed by atoms with van der Waals surface area (Å²) in [6.07, 6.45) is -14.2. The van der Waals surface area contributed by atoms with Crippen LogP contribution < -0.4 is 4.90 Å². The Kier molecular flexibility index (Phi) is 7.70. The van der Waals surface area contributed by atoms with Crippen molar-refractivity contribution in [2.75, 3.05) is 44.2 Å². The minimum absolute atomic E-state index is 0.0952. The van der Waals surface area contributed by atoms with Crippen LogP contribution >= 0.6 is 10.2 Å². The molecule has 0 aromatic heterocycles. The fourth-order valence-electron chi connectivity index (χ4n) is 5.82. The molecule has 3 aliphatic rings. The molecule has 1 spiro atoms. The van der Waals surface area contributed by atoms with Crippen LogP contribution in [0.25, 0.3) is 0 Å². The number of piperidine rings is 2. The summed E-state index contributed by atoms with van der Waals surface area (Å²) in [4.78, 5) is 14.6. The molecular formula is C24H30F11N3O2S. The second-order valence-electron chi connectivity index (χ2n) is 11.1. The Labute approximate surface area is 229 Å². The summed E-state index contributed by atoms with van der Waals surface area (Å²) in [7, 11) is -9.90. The molecule has 4 rings (SSSR count). The lowest BCUT2D eigenvalue weighted by atomic mass is 9.78. The van der Waals surface area contributed by atoms with E-state index < -0.39 is 45.1 Å². The Morgan fingerprint density at radius 1 is 0.854 bits per heavy atom. The number of likely N-dealkylation sites (tertiary alicyclic amines) is 2. The summed E-state index contributed by atoms with van der Waals surface area (Å²) in [6, 6.07) is 1.99. The number of hydrogen-bond acceptors (Lipinski definition) is 4. The monoisotopic (exact) mass is 633 g/mol. The molecule has 0 radical (unpaired) electrons. The Bertz CT molecular complexity index is 1110. The van der Waals surface area contributed by atoms with E-state index in [0.717, 1.165) is 17.4 Å². The third-order valence-corrected chi connectivity index (χ3v) is 9.15. The molecular weight excluding hydrogens is 603 g/mol. The lowest BCUT2D eigenvalue weighted by Gasteiger charge is -2.42. The minimum atomic E-state index is -9.90. The molecule has 3 saturated heterocycles. The maximum atomic E-state index is 13.6. The van der Waals surface area contributed by atoms with Crippen molar-refractivity contribution in [3.05, 3.63) is 23.8 Å². The van der Waals surface area contributed by atoms with Crippen LogP contribution in [0.15, 0.2) is 23.1 Å². The van der Waals surface area contributed by atoms with E-state index in [1.165, 1.54) is 0 Å². The fourth-order valence-corrected chi connectivity index (χ4v) is 6.48. The van der Waals surface area contributed by atoms with Gasteiger partial charge in [0.25, 0.3) is 6.10 Å². The number of halogens is 11. The van der Waals surface area contributed by atoms with E-state index in [1.807, 2.05) is 4.90 Å². The van der Waals surface area contributed by atoms with E-state index in [2.05, 4.69) is 4.74 Å². The maximum Gasteiger partial charge on any atom is 0.434 e. The lowest BCUT2D eigenvalue weighted by molar-refractivity contribution is -0.308. The zero-order valence-electron chi connectivity index (χ0n) is 21.7. The highest BCUT2D eigenvalue weighted by Crippen LogP contribution is 3.02. The van der Waals surface area contributed by atoms with Crippen LogP contribution in [0.3, 0.4) is 0 Å². The predicted octanol–water partition coefficient (Wildman–Crippen LogP) is 8.25. The van der Waals surface area contributed by atoms with Crippen molar-refractivity contribution < 1.29 is 55.3 Å². The molecule has 41 heavy (non-hydrogen) atoms. The summed E-state index contributed by atoms with van der Waals surface area (Å²) >= 11 is 0. The molecule has 1 aromatic rings. The molecule has 5 nitrogen and oxygen atoms in total. The SMILES string of the molecule is O=C(OC(C(F)(F)F)C(F)(F)F)N1CCC2(CCN(Cc3ccc(S(F)(F)(F)(F)F)cc3N3CCCCC3)C2)CC1. The van der Waals surface area contributed by atoms with Crippen LogP contribution in [0.2, 0.25) is 0 Å². The van der Waals surface area contributed by atoms with Gasteiger partial charge in [-0.25, -0.2) is 4.79 Å². The minimum Gasteiger partial charge on any atom is -0.426 e. The highest BCUT2D eigenvalue weighted by Gasteiger charge is 2.65. The number of nitrogens with zero attached hydrogens (tertiary/aromatic N) is 3. The zero-order chi connectivity index (χ0) is 30.5. The number of benzene rings is 1. The third-order valence-electron chi connectivity index (χ3n) is 8.01. The Morgan fingerprint density at radius 2 is 1.41 bits per heavy atom. The van der Waals surface area contributed by atoms with Gasteiger partial charge in [0.15, 0.2) is 0 Å². The zero-order valence-corrected chi connectivity index (χ0v) is 22.5. The Balaban J connectivity index is 1.42. The molecule has 1 aromatic carbocycles. The standard InChI is InChI=1S/C24H30F11N3O2S/c25-23(26,27)20(24(28,29)30)40-21(39)38-12-7-22(8-13-38)6-11-36(16-22)15-17-4-5-18(41(31,32,33,34)35)14-19(17)37-9-2-1-3-10-37/h4-5,14,20H,1-3,6-13,15-16H2. The van der Waals surface area contributed by atoms with Gasteiger partial charge in [-0.2, -0.15) is 26.3 Å². The molecule has 3 heterocycles. The van der Waals surface area contributed by atoms with Crippen LogP contribution in [-0.4, -0.2) is 73.6 Å². The molecule has 3 fully saturated rings. The third kappa shape index (κ3) is 7.62. The molecule has 0 N–H and O–H groups in total. The summed E-state index contributed by atoms with van der Waals surface area (Å²) in [5.41, 5.74) is 0.123. The van der Waals surface area contributed by atoms with Crippen molar-refractivity contribution in [2.45, 2.75) is 68.4 Å². The van der Waals surface area contributed by atoms with E-state index in [1.54, 1.807) is 4.90 Å². The average Bonchev–Trinajstić information content (AvgIpc) is 3.22. The van der Waals surface area contributed by atoms with E-state index >= 15 is 0 Å². The van der Waals surface area contributed by atoms with Crippen molar-refractivity contribution >= 4 is 22.0 Å². The van der Waals surface area contributed by atoms with Gasteiger partial charge in [0.2, 0.25) is 0 Å². The number of anilines is 1. The van der Waals surface area contributed by atoms with Crippen LogP contribution in [0.4, 0.5) is 56.3 Å². The maximum absolute atomic E-state index is 13.6. The summed E-state index contributed by atoms with van der Waals surface area (Å²) in [5, 5.41) is 0. The summed E-state index contributed by atoms with van der Waals surface area (Å²) < 4.78 is 148. The van der Waals surface area contributed by atoms with Gasteiger partial charge < -0.3 is 14.5 Å². The first-order valence-electron chi connectivity index (χ1n) is 13.0. The van der Waals surface area contributed by atoms with Crippen molar-refractivity contribution in [3.8, 4) is 0 Å². The van der Waals surface area contributed by atoms with Gasteiger partial charge in [0, 0.05) is 45.0 Å². The van der Waals surface area contributed by atoms with E-state index in [4.69, 9.17) is 0 Å². The predicted molar refractivity (Wildman–Crippen MR) is 129 cm³/mol. The first kappa shape index (κ1) is 31.8. The van der Waals surface area contributed by atoms with E-state index in [-0.39, 0.29) is 38.2 Å². The van der Waals surface area contributed by atoms with Crippen molar-refractivity contribution in [3.63, 3.8) is 0 Å². The fraction of sp³-hybridized carbons (Fsp3) is 0.708. The molecule has 0 unspecified atom stereocenters. The normalized spacial score (nSPS) is 22.6. The number of carbonyl (C=O) groups is 1. The number of rotatable bonds is 5. The number of alkyl halides is 6. The summed E-state index contributed by atoms with van der Waals surface area (Å²) in [5.74, 6) is 0. The van der Waals surface area contributed by atoms with Gasteiger partial charge in [0.1, 0.15) is 4.90 Å². The van der Waals surface area contributed by atoms with Gasteiger partial charge in [-0.05, 0) is 68.2 Å². The first-order valence-corrected chi connectivity index (χ1v) is 14.9. The van der Waals surface area contributed by atoms with Gasteiger partial charge in [-0.1, -0.05) is 25.5 Å². The Morgan fingerprint density at radius 3 is 1.95 bits per heavy atom. The smallest absolute Gasteiger partial charge is 0.426 e. The number of carbonyl (C=O) groups excluding carboxylic acids is 1. The van der Waals surface area contributed by atoms with Crippen LogP contribution in [0, 0.1) is 5.41 Å². The van der Waals surface area contributed by atoms with Crippen molar-refractivity contribution in [1.82, 2.24) is 9.80 Å². The quantitative estimate of drug-likeness (QED) is 0.306. The van der Waals surface area contributed by atoms with Crippen LogP contribution in [0.5, 0.6) is 0 Å². The molecule has 236 valence electrons. The molecule has 3 aliphatic heterocycles. The molecule has 17 heteroatoms. The van der Waals surface area contributed by atoms with Gasteiger partial charge in [-0.3, -0.25) is 4.90 Å². The second-order valence-corrected chi connectivity index (χ2v) is 13.5. The first-order chi connectivity index (χ1) is 18.6. The van der Waals surface area contributed by atoms with Gasteiger partial charge in [-0.15, -0.1) is 0 Å². The topological polar surface area (TPSA) is 36.0 Å². The molecule has 1 amide bonds. The lowest BCUT2D eigenvalue weighted by Crippen LogP contribution is -2.50. The van der Waals surface area contributed by atoms with Crippen LogP contribution in [0.1, 0.15) is 44.1 Å². The summed E-state index contributed by atoms with van der Waals surface area (Å²) in [6.45, 7) is 1.65. The van der Waals surface area contributed by atoms with E-state index in [9.17, 15) is 50.6 Å². The van der Waals surface area contributed by atoms with Crippen LogP contribution in [-0.2, 0) is 11.3 Å². The molecule has 0 atom stereocenters. The highest BCUT2D eigenvalue weighted by molar-refractivity contribution is 8.45. The molecule has 0 saturated carbocycles. The molecule has 0 bridgehead atoms. The van der Waals surface area contributed by atoms with Crippen molar-refractivity contribution in [2.24, 2.45) is 5.41 Å². The Hall–Kier alpha value is -2.17. The molecule has 0 aliphatic carbocycles. The average molecular weight is 634 g/mol. The van der Waals surface area contributed by atoms with Gasteiger partial charge in [0.05, 0.1) is 0 Å².